The number of carbonyl (C=O) groups is 2. The molecule has 0 aromatic heterocycles. The summed E-state index contributed by atoms with van der Waals surface area (Å²) in [6.07, 6.45) is 3.28. The number of morpholine rings is 1. The summed E-state index contributed by atoms with van der Waals surface area (Å²) in [5, 5.41) is 0. The summed E-state index contributed by atoms with van der Waals surface area (Å²) in [7, 11) is 1.42. The predicted octanol–water partition coefficient (Wildman–Crippen LogP) is 0.594. The number of amides is 1. The highest BCUT2D eigenvalue weighted by Crippen LogP contribution is 2.27. The maximum atomic E-state index is 11.9. The first-order valence-electron chi connectivity index (χ1n) is 7.25. The van der Waals surface area contributed by atoms with E-state index < -0.39 is 0 Å². The van der Waals surface area contributed by atoms with E-state index in [0.29, 0.717) is 26.3 Å². The zero-order valence-corrected chi connectivity index (χ0v) is 12.0. The normalized spacial score (nSPS) is 27.1. The second-order valence-corrected chi connectivity index (χ2v) is 5.30. The quantitative estimate of drug-likeness (QED) is 0.708. The Balaban J connectivity index is 1.65. The lowest BCUT2D eigenvalue weighted by Crippen LogP contribution is -2.43. The van der Waals surface area contributed by atoms with E-state index in [0.717, 1.165) is 25.7 Å². The van der Waals surface area contributed by atoms with Gasteiger partial charge in [-0.25, -0.2) is 0 Å². The standard InChI is InChI=1S/C14H23NO5/c1-18-14(17)11-2-4-12(5-3-11)20-10-13(16)15-6-8-19-9-7-15/h11-12H,2-10H2,1H3. The van der Waals surface area contributed by atoms with Gasteiger partial charge in [0.25, 0.3) is 0 Å². The average molecular weight is 285 g/mol. The topological polar surface area (TPSA) is 65.1 Å². The van der Waals surface area contributed by atoms with Gasteiger partial charge in [0.1, 0.15) is 6.61 Å². The third-order valence-corrected chi connectivity index (χ3v) is 4.02. The molecule has 1 heterocycles. The molecule has 0 atom stereocenters. The predicted molar refractivity (Wildman–Crippen MR) is 71.1 cm³/mol. The number of methoxy groups -OCH3 is 1. The summed E-state index contributed by atoms with van der Waals surface area (Å²) in [5.41, 5.74) is 0. The molecule has 0 N–H and O–H groups in total. The number of hydrogen-bond acceptors (Lipinski definition) is 5. The molecule has 20 heavy (non-hydrogen) atoms. The van der Waals surface area contributed by atoms with Crippen LogP contribution in [-0.2, 0) is 23.8 Å². The van der Waals surface area contributed by atoms with Gasteiger partial charge in [-0.2, -0.15) is 0 Å². The molecule has 114 valence electrons. The summed E-state index contributed by atoms with van der Waals surface area (Å²) in [6.45, 7) is 2.65. The fraction of sp³-hybridized carbons (Fsp3) is 0.857. The van der Waals surface area contributed by atoms with Gasteiger partial charge in [0.15, 0.2) is 0 Å². The van der Waals surface area contributed by atoms with Gasteiger partial charge in [0.05, 0.1) is 32.3 Å². The van der Waals surface area contributed by atoms with Gasteiger partial charge in [0.2, 0.25) is 5.91 Å². The van der Waals surface area contributed by atoms with Crippen molar-refractivity contribution in [3.8, 4) is 0 Å². The van der Waals surface area contributed by atoms with Gasteiger partial charge in [0, 0.05) is 13.1 Å². The van der Waals surface area contributed by atoms with Gasteiger partial charge >= 0.3 is 5.97 Å². The Morgan fingerprint density at radius 1 is 1.15 bits per heavy atom. The molecular formula is C14H23NO5. The van der Waals surface area contributed by atoms with Crippen molar-refractivity contribution in [1.82, 2.24) is 4.90 Å². The fourth-order valence-electron chi connectivity index (χ4n) is 2.73. The first kappa shape index (κ1) is 15.3. The first-order valence-corrected chi connectivity index (χ1v) is 7.25. The molecule has 1 saturated heterocycles. The van der Waals surface area contributed by atoms with Gasteiger partial charge in [-0.3, -0.25) is 9.59 Å². The van der Waals surface area contributed by atoms with E-state index in [-0.39, 0.29) is 30.5 Å². The Kier molecular flexibility index (Phi) is 5.79. The largest absolute Gasteiger partial charge is 0.469 e. The summed E-state index contributed by atoms with van der Waals surface area (Å²) in [4.78, 5) is 25.1. The summed E-state index contributed by atoms with van der Waals surface area (Å²) >= 11 is 0. The highest BCUT2D eigenvalue weighted by atomic mass is 16.5. The number of esters is 1. The number of carbonyl (C=O) groups excluding carboxylic acids is 2. The van der Waals surface area contributed by atoms with Crippen LogP contribution in [0.5, 0.6) is 0 Å². The van der Waals surface area contributed by atoms with E-state index in [1.807, 2.05) is 0 Å². The van der Waals surface area contributed by atoms with Crippen LogP contribution in [0.1, 0.15) is 25.7 Å². The van der Waals surface area contributed by atoms with Crippen LogP contribution in [-0.4, -0.2) is 62.9 Å². The fourth-order valence-corrected chi connectivity index (χ4v) is 2.73. The van der Waals surface area contributed by atoms with Crippen LogP contribution in [0.2, 0.25) is 0 Å². The first-order chi connectivity index (χ1) is 9.70. The molecule has 2 fully saturated rings. The molecule has 1 amide bonds. The molecule has 1 aliphatic heterocycles. The summed E-state index contributed by atoms with van der Waals surface area (Å²) in [6, 6.07) is 0. The van der Waals surface area contributed by atoms with Crippen molar-refractivity contribution in [2.75, 3.05) is 40.0 Å². The van der Waals surface area contributed by atoms with Crippen molar-refractivity contribution in [1.29, 1.82) is 0 Å². The van der Waals surface area contributed by atoms with E-state index in [2.05, 4.69) is 0 Å². The minimum atomic E-state index is -0.132. The molecule has 0 bridgehead atoms. The highest BCUT2D eigenvalue weighted by Gasteiger charge is 2.28. The number of hydrogen-bond donors (Lipinski definition) is 0. The Morgan fingerprint density at radius 3 is 2.40 bits per heavy atom. The second kappa shape index (κ2) is 7.59. The minimum Gasteiger partial charge on any atom is -0.469 e. The van der Waals surface area contributed by atoms with Crippen LogP contribution in [0.3, 0.4) is 0 Å². The van der Waals surface area contributed by atoms with Gasteiger partial charge < -0.3 is 19.1 Å². The molecule has 0 unspecified atom stereocenters. The third-order valence-electron chi connectivity index (χ3n) is 4.02. The number of nitrogens with zero attached hydrogens (tertiary/aromatic N) is 1. The Bertz CT molecular complexity index is 332. The molecular weight excluding hydrogens is 262 g/mol. The monoisotopic (exact) mass is 285 g/mol. The lowest BCUT2D eigenvalue weighted by Gasteiger charge is -2.29. The van der Waals surface area contributed by atoms with E-state index in [1.54, 1.807) is 4.90 Å². The van der Waals surface area contributed by atoms with Crippen LogP contribution in [0.15, 0.2) is 0 Å². The van der Waals surface area contributed by atoms with E-state index in [4.69, 9.17) is 14.2 Å². The lowest BCUT2D eigenvalue weighted by atomic mass is 9.87. The van der Waals surface area contributed by atoms with Crippen molar-refractivity contribution in [2.24, 2.45) is 5.92 Å². The Hall–Kier alpha value is -1.14. The van der Waals surface area contributed by atoms with Gasteiger partial charge in [-0.15, -0.1) is 0 Å². The molecule has 0 aromatic rings. The van der Waals surface area contributed by atoms with Crippen molar-refractivity contribution in [3.63, 3.8) is 0 Å². The van der Waals surface area contributed by atoms with Crippen molar-refractivity contribution in [2.45, 2.75) is 31.8 Å². The van der Waals surface area contributed by atoms with Crippen LogP contribution >= 0.6 is 0 Å². The molecule has 1 aliphatic carbocycles. The molecule has 6 nitrogen and oxygen atoms in total. The van der Waals surface area contributed by atoms with Gasteiger partial charge in [-0.1, -0.05) is 0 Å². The maximum Gasteiger partial charge on any atom is 0.308 e. The molecule has 0 spiro atoms. The summed E-state index contributed by atoms with van der Waals surface area (Å²) < 4.78 is 15.6. The van der Waals surface area contributed by atoms with Crippen molar-refractivity contribution >= 4 is 11.9 Å². The second-order valence-electron chi connectivity index (χ2n) is 5.30. The van der Waals surface area contributed by atoms with Crippen LogP contribution in [0.25, 0.3) is 0 Å². The van der Waals surface area contributed by atoms with Crippen LogP contribution in [0.4, 0.5) is 0 Å². The zero-order chi connectivity index (χ0) is 14.4. The molecule has 2 rings (SSSR count). The lowest BCUT2D eigenvalue weighted by molar-refractivity contribution is -0.149. The highest BCUT2D eigenvalue weighted by molar-refractivity contribution is 5.77. The number of rotatable bonds is 4. The Labute approximate surface area is 119 Å². The van der Waals surface area contributed by atoms with Gasteiger partial charge in [-0.05, 0) is 25.7 Å². The molecule has 0 aromatic carbocycles. The van der Waals surface area contributed by atoms with E-state index in [9.17, 15) is 9.59 Å². The van der Waals surface area contributed by atoms with Crippen LogP contribution in [0, 0.1) is 5.92 Å². The molecule has 1 saturated carbocycles. The molecule has 2 aliphatic rings. The summed E-state index contributed by atoms with van der Waals surface area (Å²) in [5.74, 6) is -0.106. The van der Waals surface area contributed by atoms with Crippen molar-refractivity contribution in [3.05, 3.63) is 0 Å². The smallest absolute Gasteiger partial charge is 0.308 e. The number of ether oxygens (including phenoxy) is 3. The SMILES string of the molecule is COC(=O)C1CCC(OCC(=O)N2CCOCC2)CC1. The minimum absolute atomic E-state index is 0.00482. The van der Waals surface area contributed by atoms with Crippen LogP contribution < -0.4 is 0 Å². The third kappa shape index (κ3) is 4.18. The average Bonchev–Trinajstić information content (AvgIpc) is 2.53. The molecule has 0 radical (unpaired) electrons. The maximum absolute atomic E-state index is 11.9. The van der Waals surface area contributed by atoms with E-state index >= 15 is 0 Å². The molecule has 6 heteroatoms. The zero-order valence-electron chi connectivity index (χ0n) is 12.0. The van der Waals surface area contributed by atoms with Crippen molar-refractivity contribution < 1.29 is 23.8 Å². The Morgan fingerprint density at radius 2 is 1.80 bits per heavy atom. The van der Waals surface area contributed by atoms with E-state index in [1.165, 1.54) is 7.11 Å².